The van der Waals surface area contributed by atoms with Crippen LogP contribution in [0.3, 0.4) is 0 Å². The van der Waals surface area contributed by atoms with Gasteiger partial charge >= 0.3 is 0 Å². The average molecular weight is 353 g/mol. The first kappa shape index (κ1) is 16.6. The van der Waals surface area contributed by atoms with Crippen LogP contribution >= 0.6 is 11.6 Å². The molecule has 0 atom stereocenters. The maximum absolute atomic E-state index is 12.3. The Morgan fingerprint density at radius 1 is 1.26 bits per heavy atom. The molecule has 0 unspecified atom stereocenters. The number of aryl methyl sites for hydroxylation is 1. The smallest absolute Gasteiger partial charge is 0.242 e. The molecule has 1 fully saturated rings. The first-order valence-corrected chi connectivity index (χ1v) is 9.68. The number of sulfonamides is 1. The molecule has 0 aliphatic heterocycles. The normalized spacial score (nSPS) is 15.1. The van der Waals surface area contributed by atoms with Crippen molar-refractivity contribution in [2.45, 2.75) is 44.0 Å². The van der Waals surface area contributed by atoms with E-state index in [0.29, 0.717) is 19.0 Å². The summed E-state index contributed by atoms with van der Waals surface area (Å²) in [4.78, 5) is 0.130. The van der Waals surface area contributed by atoms with Gasteiger partial charge in [-0.3, -0.25) is 0 Å². The summed E-state index contributed by atoms with van der Waals surface area (Å²) < 4.78 is 29.7. The van der Waals surface area contributed by atoms with Crippen LogP contribution in [0.1, 0.15) is 35.8 Å². The fourth-order valence-electron chi connectivity index (χ4n) is 3.05. The maximum atomic E-state index is 12.3. The van der Waals surface area contributed by atoms with Gasteiger partial charge in [0.25, 0.3) is 0 Å². The van der Waals surface area contributed by atoms with Crippen molar-refractivity contribution < 1.29 is 8.42 Å². The molecule has 0 radical (unpaired) electrons. The van der Waals surface area contributed by atoms with E-state index in [0.717, 1.165) is 0 Å². The van der Waals surface area contributed by atoms with E-state index in [9.17, 15) is 8.42 Å². The van der Waals surface area contributed by atoms with Crippen molar-refractivity contribution >= 4 is 21.6 Å². The minimum absolute atomic E-state index is 0.130. The van der Waals surface area contributed by atoms with Crippen LogP contribution in [0.2, 0.25) is 5.02 Å². The molecule has 124 valence electrons. The second-order valence-electron chi connectivity index (χ2n) is 6.08. The van der Waals surface area contributed by atoms with Crippen LogP contribution in [0.25, 0.3) is 0 Å². The number of nitrogens with one attached hydrogen (secondary N) is 1. The summed E-state index contributed by atoms with van der Waals surface area (Å²) in [6, 6.07) is 9.29. The standard InChI is InChI=1S/C17H21ClN2O2S/c1-12-11-14(13(2)20(12)15-7-8-15)9-10-19-23(21,22)17-6-4-3-5-16(17)18/h3-6,11,15,19H,7-10H2,1-2H3. The molecule has 1 heterocycles. The minimum Gasteiger partial charge on any atom is -0.346 e. The third-order valence-corrected chi connectivity index (χ3v) is 6.27. The molecule has 4 nitrogen and oxygen atoms in total. The summed E-state index contributed by atoms with van der Waals surface area (Å²) in [7, 11) is -3.57. The zero-order chi connectivity index (χ0) is 16.6. The first-order valence-electron chi connectivity index (χ1n) is 7.81. The predicted octanol–water partition coefficient (Wildman–Crippen LogP) is 3.61. The summed E-state index contributed by atoms with van der Waals surface area (Å²) in [5, 5.41) is 0.243. The van der Waals surface area contributed by atoms with Gasteiger partial charge in [-0.05, 0) is 56.9 Å². The number of hydrogen-bond donors (Lipinski definition) is 1. The van der Waals surface area contributed by atoms with Crippen molar-refractivity contribution in [3.05, 3.63) is 52.3 Å². The molecule has 1 saturated carbocycles. The topological polar surface area (TPSA) is 51.1 Å². The summed E-state index contributed by atoms with van der Waals surface area (Å²) in [5.74, 6) is 0. The fourth-order valence-corrected chi connectivity index (χ4v) is 4.60. The van der Waals surface area contributed by atoms with Gasteiger partial charge < -0.3 is 4.57 Å². The number of nitrogens with zero attached hydrogens (tertiary/aromatic N) is 1. The van der Waals surface area contributed by atoms with E-state index in [4.69, 9.17) is 11.6 Å². The molecular weight excluding hydrogens is 332 g/mol. The van der Waals surface area contributed by atoms with Gasteiger partial charge in [-0.2, -0.15) is 0 Å². The van der Waals surface area contributed by atoms with Crippen LogP contribution in [0.15, 0.2) is 35.2 Å². The molecule has 1 N–H and O–H groups in total. The Morgan fingerprint density at radius 2 is 1.96 bits per heavy atom. The van der Waals surface area contributed by atoms with E-state index in [1.807, 2.05) is 0 Å². The summed E-state index contributed by atoms with van der Waals surface area (Å²) in [5.41, 5.74) is 3.71. The zero-order valence-corrected chi connectivity index (χ0v) is 14.9. The third-order valence-electron chi connectivity index (χ3n) is 4.31. The van der Waals surface area contributed by atoms with Gasteiger partial charge in [0, 0.05) is 24.0 Å². The predicted molar refractivity (Wildman–Crippen MR) is 92.5 cm³/mol. The van der Waals surface area contributed by atoms with Crippen molar-refractivity contribution in [3.8, 4) is 0 Å². The van der Waals surface area contributed by atoms with Gasteiger partial charge in [0.2, 0.25) is 10.0 Å². The highest BCUT2D eigenvalue weighted by atomic mass is 35.5. The van der Waals surface area contributed by atoms with Gasteiger partial charge in [-0.25, -0.2) is 13.1 Å². The van der Waals surface area contributed by atoms with Crippen molar-refractivity contribution in [1.29, 1.82) is 0 Å². The van der Waals surface area contributed by atoms with Crippen molar-refractivity contribution in [2.24, 2.45) is 0 Å². The largest absolute Gasteiger partial charge is 0.346 e. The second-order valence-corrected chi connectivity index (χ2v) is 8.22. The monoisotopic (exact) mass is 352 g/mol. The van der Waals surface area contributed by atoms with Crippen molar-refractivity contribution in [2.75, 3.05) is 6.54 Å². The average Bonchev–Trinajstić information content (AvgIpc) is 3.27. The number of aromatic nitrogens is 1. The van der Waals surface area contributed by atoms with Crippen LogP contribution in [-0.2, 0) is 16.4 Å². The van der Waals surface area contributed by atoms with Crippen LogP contribution in [0, 0.1) is 13.8 Å². The lowest BCUT2D eigenvalue weighted by atomic mass is 10.2. The summed E-state index contributed by atoms with van der Waals surface area (Å²) >= 11 is 5.97. The highest BCUT2D eigenvalue weighted by Crippen LogP contribution is 2.38. The summed E-state index contributed by atoms with van der Waals surface area (Å²) in [6.45, 7) is 4.59. The number of hydrogen-bond acceptors (Lipinski definition) is 2. The van der Waals surface area contributed by atoms with Crippen LogP contribution in [0.4, 0.5) is 0 Å². The van der Waals surface area contributed by atoms with E-state index in [1.165, 1.54) is 35.9 Å². The van der Waals surface area contributed by atoms with Gasteiger partial charge in [0.15, 0.2) is 0 Å². The number of benzene rings is 1. The lowest BCUT2D eigenvalue weighted by molar-refractivity contribution is 0.581. The molecule has 3 rings (SSSR count). The third kappa shape index (κ3) is 3.47. The van der Waals surface area contributed by atoms with E-state index < -0.39 is 10.0 Å². The van der Waals surface area contributed by atoms with E-state index in [-0.39, 0.29) is 9.92 Å². The van der Waals surface area contributed by atoms with Crippen LogP contribution in [0.5, 0.6) is 0 Å². The van der Waals surface area contributed by atoms with Gasteiger partial charge in [-0.1, -0.05) is 23.7 Å². The van der Waals surface area contributed by atoms with Gasteiger partial charge in [0.1, 0.15) is 4.90 Å². The Morgan fingerprint density at radius 3 is 2.61 bits per heavy atom. The minimum atomic E-state index is -3.57. The molecule has 1 aromatic carbocycles. The van der Waals surface area contributed by atoms with Crippen molar-refractivity contribution in [3.63, 3.8) is 0 Å². The second kappa shape index (κ2) is 6.30. The molecule has 1 aliphatic rings. The van der Waals surface area contributed by atoms with Crippen LogP contribution < -0.4 is 4.72 Å². The molecule has 6 heteroatoms. The van der Waals surface area contributed by atoms with Gasteiger partial charge in [0.05, 0.1) is 5.02 Å². The quantitative estimate of drug-likeness (QED) is 0.863. The molecule has 0 saturated heterocycles. The Bertz CT molecular complexity index is 823. The maximum Gasteiger partial charge on any atom is 0.242 e. The Kier molecular flexibility index (Phi) is 4.54. The Hall–Kier alpha value is -1.30. The zero-order valence-electron chi connectivity index (χ0n) is 13.3. The molecular formula is C17H21ClN2O2S. The van der Waals surface area contributed by atoms with E-state index in [2.05, 4.69) is 29.2 Å². The molecule has 2 aromatic rings. The fraction of sp³-hybridized carbons (Fsp3) is 0.412. The van der Waals surface area contributed by atoms with E-state index >= 15 is 0 Å². The molecule has 1 aromatic heterocycles. The summed E-state index contributed by atoms with van der Waals surface area (Å²) in [6.07, 6.45) is 3.17. The molecule has 0 bridgehead atoms. The number of halogens is 1. The highest BCUT2D eigenvalue weighted by molar-refractivity contribution is 7.89. The molecule has 0 amide bonds. The Balaban J connectivity index is 1.68. The lowest BCUT2D eigenvalue weighted by Gasteiger charge is -2.09. The molecule has 0 spiro atoms. The SMILES string of the molecule is Cc1cc(CCNS(=O)(=O)c2ccccc2Cl)c(C)n1C1CC1. The van der Waals surface area contributed by atoms with Crippen molar-refractivity contribution in [1.82, 2.24) is 9.29 Å². The van der Waals surface area contributed by atoms with E-state index in [1.54, 1.807) is 18.2 Å². The molecule has 23 heavy (non-hydrogen) atoms. The number of rotatable bonds is 6. The molecule has 1 aliphatic carbocycles. The lowest BCUT2D eigenvalue weighted by Crippen LogP contribution is -2.26. The first-order chi connectivity index (χ1) is 10.9. The highest BCUT2D eigenvalue weighted by Gasteiger charge is 2.27. The Labute approximate surface area is 142 Å². The van der Waals surface area contributed by atoms with Crippen LogP contribution in [-0.4, -0.2) is 19.5 Å². The van der Waals surface area contributed by atoms with Gasteiger partial charge in [-0.15, -0.1) is 0 Å².